The Kier molecular flexibility index (Phi) is 9.00. The summed E-state index contributed by atoms with van der Waals surface area (Å²) in [7, 11) is 0. The molecule has 0 fully saturated rings. The number of ether oxygens (including phenoxy) is 1. The molecule has 0 spiro atoms. The highest BCUT2D eigenvalue weighted by atomic mass is 32.2. The number of thiophene rings is 1. The topological polar surface area (TPSA) is 41.5 Å². The van der Waals surface area contributed by atoms with Crippen molar-refractivity contribution in [2.24, 2.45) is 0 Å². The molecule has 0 aromatic carbocycles. The predicted octanol–water partition coefficient (Wildman–Crippen LogP) is 1.58. The molecule has 0 saturated heterocycles. The van der Waals surface area contributed by atoms with Crippen LogP contribution < -0.4 is 5.32 Å². The molecule has 1 heterocycles. The maximum absolute atomic E-state index is 9.66. The molecule has 0 aliphatic carbocycles. The van der Waals surface area contributed by atoms with E-state index in [2.05, 4.69) is 11.2 Å². The van der Waals surface area contributed by atoms with Gasteiger partial charge in [0.05, 0.1) is 25.1 Å². The maximum Gasteiger partial charge on any atom is 0.0897 e. The van der Waals surface area contributed by atoms with Crippen molar-refractivity contribution in [1.82, 2.24) is 5.32 Å². The third-order valence-electron chi connectivity index (χ3n) is 2.12. The summed E-state index contributed by atoms with van der Waals surface area (Å²) in [5.74, 6) is 4.28. The van der Waals surface area contributed by atoms with Gasteiger partial charge in [0.1, 0.15) is 0 Å². The Bertz CT molecular complexity index is 335. The Balaban J connectivity index is 1.91. The van der Waals surface area contributed by atoms with Gasteiger partial charge in [0, 0.05) is 23.7 Å². The van der Waals surface area contributed by atoms with Gasteiger partial charge in [-0.25, -0.2) is 0 Å². The van der Waals surface area contributed by atoms with E-state index in [1.807, 2.05) is 17.5 Å². The van der Waals surface area contributed by atoms with Crippen molar-refractivity contribution in [3.8, 4) is 12.3 Å². The second-order valence-corrected chi connectivity index (χ2v) is 5.85. The number of hydrogen-bond donors (Lipinski definition) is 2. The Morgan fingerprint density at radius 2 is 2.50 bits per heavy atom. The normalized spacial score (nSPS) is 12.2. The highest BCUT2D eigenvalue weighted by Gasteiger charge is 2.03. The molecule has 18 heavy (non-hydrogen) atoms. The second-order valence-electron chi connectivity index (χ2n) is 3.71. The summed E-state index contributed by atoms with van der Waals surface area (Å²) in [6.45, 7) is 2.35. The minimum atomic E-state index is -0.456. The summed E-state index contributed by atoms with van der Waals surface area (Å²) in [5.41, 5.74) is 0. The Morgan fingerprint density at radius 1 is 1.61 bits per heavy atom. The molecule has 1 atom stereocenters. The molecular weight excluding hydrogens is 266 g/mol. The second kappa shape index (κ2) is 10.4. The van der Waals surface area contributed by atoms with Gasteiger partial charge in [0.25, 0.3) is 0 Å². The molecule has 5 heteroatoms. The maximum atomic E-state index is 9.66. The van der Waals surface area contributed by atoms with Crippen molar-refractivity contribution in [3.05, 3.63) is 22.4 Å². The van der Waals surface area contributed by atoms with Gasteiger partial charge in [0.15, 0.2) is 0 Å². The van der Waals surface area contributed by atoms with Gasteiger partial charge in [-0.15, -0.1) is 29.5 Å². The summed E-state index contributed by atoms with van der Waals surface area (Å²) in [5, 5.41) is 14.8. The first-order chi connectivity index (χ1) is 8.83. The third-order valence-corrected chi connectivity index (χ3v) is 3.84. The van der Waals surface area contributed by atoms with E-state index in [1.54, 1.807) is 23.1 Å². The van der Waals surface area contributed by atoms with Crippen LogP contribution in [-0.4, -0.2) is 42.4 Å². The van der Waals surface area contributed by atoms with Crippen LogP contribution in [0, 0.1) is 12.3 Å². The summed E-state index contributed by atoms with van der Waals surface area (Å²) >= 11 is 3.37. The van der Waals surface area contributed by atoms with Gasteiger partial charge in [-0.3, -0.25) is 0 Å². The number of aliphatic hydroxyl groups excluding tert-OH is 1. The molecular formula is C13H19NO2S2. The minimum Gasteiger partial charge on any atom is -0.389 e. The van der Waals surface area contributed by atoms with Crippen LogP contribution in [0.15, 0.2) is 17.5 Å². The van der Waals surface area contributed by atoms with Gasteiger partial charge in [-0.05, 0) is 11.4 Å². The van der Waals surface area contributed by atoms with Gasteiger partial charge in [0.2, 0.25) is 0 Å². The molecule has 1 aromatic rings. The average Bonchev–Trinajstić information content (AvgIpc) is 2.87. The number of hydrogen-bond acceptors (Lipinski definition) is 5. The molecule has 0 radical (unpaired) electrons. The van der Waals surface area contributed by atoms with E-state index >= 15 is 0 Å². The monoisotopic (exact) mass is 285 g/mol. The van der Waals surface area contributed by atoms with Crippen molar-refractivity contribution in [2.75, 3.05) is 31.2 Å². The molecule has 1 unspecified atom stereocenters. The Morgan fingerprint density at radius 3 is 3.22 bits per heavy atom. The largest absolute Gasteiger partial charge is 0.389 e. The molecule has 1 aromatic heterocycles. The molecule has 0 aliphatic heterocycles. The molecule has 1 rings (SSSR count). The number of terminal acetylenes is 1. The van der Waals surface area contributed by atoms with Crippen molar-refractivity contribution < 1.29 is 9.84 Å². The van der Waals surface area contributed by atoms with Crippen LogP contribution in [0.4, 0.5) is 0 Å². The molecule has 100 valence electrons. The lowest BCUT2D eigenvalue weighted by Crippen LogP contribution is -2.31. The molecule has 0 aliphatic rings. The van der Waals surface area contributed by atoms with Crippen molar-refractivity contribution in [1.29, 1.82) is 0 Å². The molecule has 3 nitrogen and oxygen atoms in total. The Hall–Kier alpha value is -0.510. The lowest BCUT2D eigenvalue weighted by molar-refractivity contribution is 0.0301. The SMILES string of the molecule is C#CCSCCNCC(O)COCc1cccs1. The van der Waals surface area contributed by atoms with Gasteiger partial charge < -0.3 is 15.2 Å². The fourth-order valence-corrected chi connectivity index (χ4v) is 2.48. The first-order valence-electron chi connectivity index (χ1n) is 5.83. The lowest BCUT2D eigenvalue weighted by atomic mass is 10.4. The lowest BCUT2D eigenvalue weighted by Gasteiger charge is -2.11. The number of rotatable bonds is 10. The molecule has 0 bridgehead atoms. The van der Waals surface area contributed by atoms with Crippen LogP contribution in [0.5, 0.6) is 0 Å². The van der Waals surface area contributed by atoms with E-state index in [-0.39, 0.29) is 0 Å². The van der Waals surface area contributed by atoms with Crippen molar-refractivity contribution in [2.45, 2.75) is 12.7 Å². The van der Waals surface area contributed by atoms with Crippen LogP contribution in [0.1, 0.15) is 4.88 Å². The van der Waals surface area contributed by atoms with Gasteiger partial charge in [-0.2, -0.15) is 0 Å². The van der Waals surface area contributed by atoms with E-state index in [0.29, 0.717) is 19.8 Å². The van der Waals surface area contributed by atoms with Crippen LogP contribution in [0.3, 0.4) is 0 Å². The average molecular weight is 285 g/mol. The Labute approximate surface area is 117 Å². The van der Waals surface area contributed by atoms with Gasteiger partial charge >= 0.3 is 0 Å². The van der Waals surface area contributed by atoms with Crippen LogP contribution in [0.2, 0.25) is 0 Å². The fraction of sp³-hybridized carbons (Fsp3) is 0.538. The number of thioether (sulfide) groups is 1. The fourth-order valence-electron chi connectivity index (χ4n) is 1.29. The van der Waals surface area contributed by atoms with E-state index in [9.17, 15) is 5.11 Å². The summed E-state index contributed by atoms with van der Waals surface area (Å²) in [4.78, 5) is 1.18. The van der Waals surface area contributed by atoms with Crippen LogP contribution in [-0.2, 0) is 11.3 Å². The quantitative estimate of drug-likeness (QED) is 0.506. The molecule has 2 N–H and O–H groups in total. The molecule has 0 amide bonds. The van der Waals surface area contributed by atoms with E-state index in [0.717, 1.165) is 18.1 Å². The first-order valence-corrected chi connectivity index (χ1v) is 7.86. The van der Waals surface area contributed by atoms with Crippen LogP contribution >= 0.6 is 23.1 Å². The zero-order valence-electron chi connectivity index (χ0n) is 10.3. The summed E-state index contributed by atoms with van der Waals surface area (Å²) < 4.78 is 5.42. The minimum absolute atomic E-state index is 0.363. The summed E-state index contributed by atoms with van der Waals surface area (Å²) in [6.07, 6.45) is 4.68. The van der Waals surface area contributed by atoms with E-state index in [1.165, 1.54) is 4.88 Å². The third kappa shape index (κ3) is 7.75. The van der Waals surface area contributed by atoms with Gasteiger partial charge in [-0.1, -0.05) is 12.0 Å². The zero-order chi connectivity index (χ0) is 13.1. The number of nitrogens with one attached hydrogen (secondary N) is 1. The molecule has 0 saturated carbocycles. The van der Waals surface area contributed by atoms with E-state index < -0.39 is 6.10 Å². The van der Waals surface area contributed by atoms with Crippen LogP contribution in [0.25, 0.3) is 0 Å². The highest BCUT2D eigenvalue weighted by Crippen LogP contribution is 2.09. The standard InChI is InChI=1S/C13H19NO2S2/c1-2-6-17-8-5-14-9-12(15)10-16-11-13-4-3-7-18-13/h1,3-4,7,12,14-15H,5-6,8-11H2. The van der Waals surface area contributed by atoms with E-state index in [4.69, 9.17) is 11.2 Å². The predicted molar refractivity (Wildman–Crippen MR) is 79.0 cm³/mol. The first kappa shape index (κ1) is 15.5. The summed E-state index contributed by atoms with van der Waals surface area (Å²) in [6, 6.07) is 4.02. The number of aliphatic hydroxyl groups is 1. The highest BCUT2D eigenvalue weighted by molar-refractivity contribution is 7.99. The van der Waals surface area contributed by atoms with Crippen molar-refractivity contribution >= 4 is 23.1 Å². The van der Waals surface area contributed by atoms with Crippen molar-refractivity contribution in [3.63, 3.8) is 0 Å². The zero-order valence-corrected chi connectivity index (χ0v) is 11.9. The smallest absolute Gasteiger partial charge is 0.0897 e.